The van der Waals surface area contributed by atoms with Crippen molar-refractivity contribution in [3.63, 3.8) is 0 Å². The highest BCUT2D eigenvalue weighted by Gasteiger charge is 2.54. The molecule has 4 heterocycles. The molecule has 4 N–H and O–H groups in total. The number of nitrogens with one attached hydrogen (secondary N) is 1. The van der Waals surface area contributed by atoms with Gasteiger partial charge in [-0.15, -0.1) is 0 Å². The van der Waals surface area contributed by atoms with E-state index in [0.717, 1.165) is 31.1 Å². The van der Waals surface area contributed by atoms with Crippen molar-refractivity contribution in [2.45, 2.75) is 57.3 Å². The highest BCUT2D eigenvalue weighted by Crippen LogP contribution is 2.56. The van der Waals surface area contributed by atoms with Gasteiger partial charge < -0.3 is 25.6 Å². The summed E-state index contributed by atoms with van der Waals surface area (Å²) >= 11 is 0. The topological polar surface area (TPSA) is 159 Å². The van der Waals surface area contributed by atoms with Crippen LogP contribution in [0.15, 0.2) is 36.8 Å². The second-order valence-corrected chi connectivity index (χ2v) is 11.5. The van der Waals surface area contributed by atoms with Gasteiger partial charge in [0.15, 0.2) is 5.65 Å². The van der Waals surface area contributed by atoms with Crippen LogP contribution in [0.3, 0.4) is 0 Å². The van der Waals surface area contributed by atoms with Gasteiger partial charge in [-0.1, -0.05) is 0 Å². The number of rotatable bonds is 8. The molecule has 2 aliphatic rings. The van der Waals surface area contributed by atoms with Gasteiger partial charge in [-0.3, -0.25) is 14.3 Å². The van der Waals surface area contributed by atoms with Crippen LogP contribution in [-0.2, 0) is 7.05 Å². The van der Waals surface area contributed by atoms with Gasteiger partial charge >= 0.3 is 0 Å². The number of aromatic nitrogens is 5. The summed E-state index contributed by atoms with van der Waals surface area (Å²) in [5, 5.41) is 22.2. The molecule has 39 heavy (non-hydrogen) atoms. The molecule has 4 aromatic heterocycles. The lowest BCUT2D eigenvalue weighted by Gasteiger charge is -2.57. The third-order valence-corrected chi connectivity index (χ3v) is 7.56. The van der Waals surface area contributed by atoms with Gasteiger partial charge in [0.1, 0.15) is 24.0 Å². The van der Waals surface area contributed by atoms with Crippen LogP contribution in [0.25, 0.3) is 16.6 Å². The first-order chi connectivity index (χ1) is 18.5. The van der Waals surface area contributed by atoms with Gasteiger partial charge in [-0.2, -0.15) is 15.2 Å². The minimum Gasteiger partial charge on any atom is -0.489 e. The van der Waals surface area contributed by atoms with Crippen molar-refractivity contribution in [1.29, 1.82) is 0 Å². The quantitative estimate of drug-likeness (QED) is 0.310. The Hall–Kier alpha value is -4.19. The van der Waals surface area contributed by atoms with Crippen LogP contribution in [0.2, 0.25) is 0 Å². The molecule has 4 aromatic rings. The van der Waals surface area contributed by atoms with E-state index in [2.05, 4.69) is 20.5 Å². The number of hydrogen-bond acceptors (Lipinski definition) is 8. The molecule has 204 valence electrons. The first-order valence-electron chi connectivity index (χ1n) is 12.9. The molecule has 0 aliphatic heterocycles. The number of pyridine rings is 2. The van der Waals surface area contributed by atoms with Crippen LogP contribution in [-0.4, -0.2) is 65.7 Å². The molecular formula is C27H31N7O5. The van der Waals surface area contributed by atoms with Crippen LogP contribution in [0.4, 0.5) is 0 Å². The summed E-state index contributed by atoms with van der Waals surface area (Å²) < 4.78 is 14.9. The highest BCUT2D eigenvalue weighted by atomic mass is 16.5. The zero-order valence-corrected chi connectivity index (χ0v) is 22.0. The monoisotopic (exact) mass is 533 g/mol. The van der Waals surface area contributed by atoms with Crippen molar-refractivity contribution in [1.82, 2.24) is 29.7 Å². The summed E-state index contributed by atoms with van der Waals surface area (Å²) in [6.07, 6.45) is 8.19. The Labute approximate surface area is 224 Å². The van der Waals surface area contributed by atoms with Gasteiger partial charge in [0, 0.05) is 18.5 Å². The van der Waals surface area contributed by atoms with Crippen molar-refractivity contribution in [2.24, 2.45) is 18.2 Å². The summed E-state index contributed by atoms with van der Waals surface area (Å²) in [7, 11) is 1.78. The third kappa shape index (κ3) is 4.76. The van der Waals surface area contributed by atoms with Crippen LogP contribution in [0.1, 0.15) is 60.2 Å². The van der Waals surface area contributed by atoms with E-state index in [1.54, 1.807) is 66.9 Å². The van der Waals surface area contributed by atoms with Gasteiger partial charge in [0.05, 0.1) is 35.3 Å². The normalized spacial score (nSPS) is 22.5. The van der Waals surface area contributed by atoms with Gasteiger partial charge in [0.25, 0.3) is 11.8 Å². The maximum atomic E-state index is 13.0. The fourth-order valence-corrected chi connectivity index (χ4v) is 5.64. The van der Waals surface area contributed by atoms with E-state index in [1.807, 2.05) is 0 Å². The predicted octanol–water partition coefficient (Wildman–Crippen LogP) is 1.98. The summed E-state index contributed by atoms with van der Waals surface area (Å²) in [6.45, 7) is 3.48. The predicted molar refractivity (Wildman–Crippen MR) is 141 cm³/mol. The van der Waals surface area contributed by atoms with Crippen molar-refractivity contribution in [3.05, 3.63) is 47.9 Å². The molecule has 0 bridgehead atoms. The molecule has 2 aliphatic carbocycles. The number of amides is 2. The Morgan fingerprint density at radius 2 is 1.95 bits per heavy atom. The number of carbonyl (C=O) groups is 2. The number of fused-ring (bicyclic) bond motifs is 2. The van der Waals surface area contributed by atoms with E-state index >= 15 is 0 Å². The number of nitrogens with two attached hydrogens (primary N) is 1. The molecule has 12 heteroatoms. The van der Waals surface area contributed by atoms with Crippen LogP contribution < -0.4 is 20.5 Å². The number of aliphatic hydroxyl groups is 1. The van der Waals surface area contributed by atoms with Crippen molar-refractivity contribution < 1.29 is 24.2 Å². The molecule has 1 spiro atoms. The smallest absolute Gasteiger partial charge is 0.255 e. The van der Waals surface area contributed by atoms with E-state index in [0.29, 0.717) is 22.5 Å². The molecule has 0 unspecified atom stereocenters. The maximum Gasteiger partial charge on any atom is 0.255 e. The molecule has 6 rings (SSSR count). The lowest BCUT2D eigenvalue weighted by Crippen LogP contribution is -2.58. The second-order valence-electron chi connectivity index (χ2n) is 11.5. The maximum absolute atomic E-state index is 13.0. The SMILES string of the molecule is Cn1ncc2cc(C(N)=O)c(OC3CC4(CC(NC(=O)c5cnn6cc(OCC(C)(C)O)ccc56)C4)C3)nc21. The molecule has 2 amide bonds. The molecule has 12 nitrogen and oxygen atoms in total. The van der Waals surface area contributed by atoms with Gasteiger partial charge in [-0.05, 0) is 63.1 Å². The number of aryl methyl sites for hydroxylation is 1. The number of ether oxygens (including phenoxy) is 2. The van der Waals surface area contributed by atoms with E-state index in [-0.39, 0.29) is 41.5 Å². The lowest BCUT2D eigenvalue weighted by molar-refractivity contribution is -0.0847. The van der Waals surface area contributed by atoms with Crippen LogP contribution >= 0.6 is 0 Å². The fraction of sp³-hybridized carbons (Fsp3) is 0.444. The Kier molecular flexibility index (Phi) is 5.75. The minimum atomic E-state index is -0.950. The van der Waals surface area contributed by atoms with E-state index in [1.165, 1.54) is 0 Å². The summed E-state index contributed by atoms with van der Waals surface area (Å²) in [6, 6.07) is 5.29. The molecule has 2 fully saturated rings. The summed E-state index contributed by atoms with van der Waals surface area (Å²) in [4.78, 5) is 29.5. The Morgan fingerprint density at radius 1 is 1.18 bits per heavy atom. The number of primary amides is 1. The van der Waals surface area contributed by atoms with Crippen LogP contribution in [0, 0.1) is 5.41 Å². The van der Waals surface area contributed by atoms with Crippen molar-refractivity contribution >= 4 is 28.4 Å². The molecule has 0 saturated heterocycles. The number of nitrogens with zero attached hydrogens (tertiary/aromatic N) is 5. The number of hydrogen-bond donors (Lipinski definition) is 3. The zero-order valence-electron chi connectivity index (χ0n) is 22.0. The van der Waals surface area contributed by atoms with E-state index in [9.17, 15) is 14.7 Å². The highest BCUT2D eigenvalue weighted by molar-refractivity contribution is 6.01. The molecule has 0 atom stereocenters. The first-order valence-corrected chi connectivity index (χ1v) is 12.9. The Bertz CT molecular complexity index is 1590. The van der Waals surface area contributed by atoms with Crippen LogP contribution in [0.5, 0.6) is 11.6 Å². The molecule has 2 saturated carbocycles. The summed E-state index contributed by atoms with van der Waals surface area (Å²) in [5.41, 5.74) is 6.79. The molecule has 0 aromatic carbocycles. The van der Waals surface area contributed by atoms with Gasteiger partial charge in [0.2, 0.25) is 5.88 Å². The van der Waals surface area contributed by atoms with Crippen molar-refractivity contribution in [3.8, 4) is 11.6 Å². The average molecular weight is 534 g/mol. The Morgan fingerprint density at radius 3 is 2.67 bits per heavy atom. The van der Waals surface area contributed by atoms with E-state index in [4.69, 9.17) is 15.2 Å². The number of carbonyl (C=O) groups excluding carboxylic acids is 2. The first kappa shape index (κ1) is 25.1. The third-order valence-electron chi connectivity index (χ3n) is 7.56. The zero-order chi connectivity index (χ0) is 27.5. The van der Waals surface area contributed by atoms with E-state index < -0.39 is 11.5 Å². The van der Waals surface area contributed by atoms with Crippen molar-refractivity contribution in [2.75, 3.05) is 6.61 Å². The standard InChI is InChI=1S/C27H31N7O5/c1-26(2,37)14-38-17-4-5-21-20(12-30-34(21)13-17)24(36)31-16-7-27(8-16)9-18(10-27)39-25-19(22(28)35)6-15-11-29-33(3)23(15)32-25/h4-6,11-13,16,18,37H,7-10,14H2,1-3H3,(H2,28,35)(H,31,36). The van der Waals surface area contributed by atoms with Gasteiger partial charge in [-0.25, -0.2) is 4.52 Å². The largest absolute Gasteiger partial charge is 0.489 e. The molecule has 0 radical (unpaired) electrons. The fourth-order valence-electron chi connectivity index (χ4n) is 5.64. The lowest BCUT2D eigenvalue weighted by atomic mass is 9.53. The minimum absolute atomic E-state index is 0.0645. The molecular weight excluding hydrogens is 502 g/mol. The second kappa shape index (κ2) is 8.94. The average Bonchev–Trinajstić information content (AvgIpc) is 3.42. The Balaban J connectivity index is 1.04. The summed E-state index contributed by atoms with van der Waals surface area (Å²) in [5.74, 6) is 0.0429.